The summed E-state index contributed by atoms with van der Waals surface area (Å²) in [5.41, 5.74) is 2.67. The monoisotopic (exact) mass is 353 g/mol. The van der Waals surface area contributed by atoms with E-state index in [-0.39, 0.29) is 18.9 Å². The zero-order valence-corrected chi connectivity index (χ0v) is 14.6. The molecule has 0 fully saturated rings. The van der Waals surface area contributed by atoms with Crippen molar-refractivity contribution in [3.63, 3.8) is 0 Å². The summed E-state index contributed by atoms with van der Waals surface area (Å²) < 4.78 is 6.56. The lowest BCUT2D eigenvalue weighted by molar-refractivity contribution is -0.148. The van der Waals surface area contributed by atoms with Gasteiger partial charge < -0.3 is 10.1 Å². The second-order valence-electron chi connectivity index (χ2n) is 5.88. The maximum atomic E-state index is 11.9. The van der Waals surface area contributed by atoms with Crippen molar-refractivity contribution in [2.24, 2.45) is 0 Å². The first kappa shape index (κ1) is 17.5. The maximum absolute atomic E-state index is 11.9. The minimum atomic E-state index is -0.565. The number of carbonyl (C=O) groups excluding carboxylic acids is 2. The SMILES string of the molecule is Cc1cc(C)n2nc(CC(=O)OCC(=O)NCc3ccccc3)nc2n1. The molecule has 0 bridgehead atoms. The number of hydrogen-bond donors (Lipinski definition) is 1. The van der Waals surface area contributed by atoms with Gasteiger partial charge in [0, 0.05) is 17.9 Å². The summed E-state index contributed by atoms with van der Waals surface area (Å²) in [6.07, 6.45) is -0.117. The van der Waals surface area contributed by atoms with E-state index in [0.717, 1.165) is 17.0 Å². The summed E-state index contributed by atoms with van der Waals surface area (Å²) in [7, 11) is 0. The lowest BCUT2D eigenvalue weighted by Gasteiger charge is -2.06. The van der Waals surface area contributed by atoms with E-state index in [1.807, 2.05) is 50.2 Å². The number of esters is 1. The molecule has 3 aromatic rings. The van der Waals surface area contributed by atoms with Gasteiger partial charge in [0.2, 0.25) is 0 Å². The Hall–Kier alpha value is -3.29. The van der Waals surface area contributed by atoms with Crippen LogP contribution in [-0.2, 0) is 27.3 Å². The van der Waals surface area contributed by atoms with E-state index in [4.69, 9.17) is 4.74 Å². The van der Waals surface area contributed by atoms with E-state index < -0.39 is 5.97 Å². The third-order valence-electron chi connectivity index (χ3n) is 3.66. The Bertz CT molecular complexity index is 937. The second-order valence-corrected chi connectivity index (χ2v) is 5.88. The number of nitrogens with one attached hydrogen (secondary N) is 1. The van der Waals surface area contributed by atoms with Crippen molar-refractivity contribution in [2.75, 3.05) is 6.61 Å². The third-order valence-corrected chi connectivity index (χ3v) is 3.66. The number of hydrogen-bond acceptors (Lipinski definition) is 6. The fourth-order valence-electron chi connectivity index (χ4n) is 2.46. The molecular weight excluding hydrogens is 334 g/mol. The minimum Gasteiger partial charge on any atom is -0.455 e. The van der Waals surface area contributed by atoms with Crippen molar-refractivity contribution in [1.29, 1.82) is 0 Å². The highest BCUT2D eigenvalue weighted by atomic mass is 16.5. The number of benzene rings is 1. The van der Waals surface area contributed by atoms with E-state index in [1.54, 1.807) is 4.52 Å². The van der Waals surface area contributed by atoms with Crippen LogP contribution in [0.5, 0.6) is 0 Å². The average molecular weight is 353 g/mol. The Balaban J connectivity index is 1.49. The van der Waals surface area contributed by atoms with E-state index in [9.17, 15) is 9.59 Å². The second kappa shape index (κ2) is 7.73. The van der Waals surface area contributed by atoms with Crippen LogP contribution in [0.1, 0.15) is 22.8 Å². The first-order chi connectivity index (χ1) is 12.5. The van der Waals surface area contributed by atoms with Gasteiger partial charge >= 0.3 is 5.97 Å². The molecule has 0 spiro atoms. The van der Waals surface area contributed by atoms with Crippen molar-refractivity contribution in [2.45, 2.75) is 26.8 Å². The lowest BCUT2D eigenvalue weighted by atomic mass is 10.2. The molecule has 2 aromatic heterocycles. The molecule has 134 valence electrons. The van der Waals surface area contributed by atoms with E-state index in [2.05, 4.69) is 20.4 Å². The van der Waals surface area contributed by atoms with Crippen molar-refractivity contribution in [1.82, 2.24) is 24.9 Å². The molecule has 0 saturated carbocycles. The molecule has 0 aliphatic carbocycles. The number of aromatic nitrogens is 4. The largest absolute Gasteiger partial charge is 0.455 e. The van der Waals surface area contributed by atoms with E-state index >= 15 is 0 Å². The molecule has 1 aromatic carbocycles. The number of carbonyl (C=O) groups is 2. The summed E-state index contributed by atoms with van der Waals surface area (Å²) in [6, 6.07) is 11.4. The Kier molecular flexibility index (Phi) is 5.21. The van der Waals surface area contributed by atoms with E-state index in [1.165, 1.54) is 0 Å². The van der Waals surface area contributed by atoms with Gasteiger partial charge in [-0.25, -0.2) is 9.50 Å². The third kappa shape index (κ3) is 4.41. The van der Waals surface area contributed by atoms with Crippen LogP contribution >= 0.6 is 0 Å². The van der Waals surface area contributed by atoms with Gasteiger partial charge in [-0.3, -0.25) is 9.59 Å². The summed E-state index contributed by atoms with van der Waals surface area (Å²) in [4.78, 5) is 32.2. The molecule has 3 rings (SSSR count). The van der Waals surface area contributed by atoms with Gasteiger partial charge in [-0.15, -0.1) is 5.10 Å². The molecule has 8 nitrogen and oxygen atoms in total. The van der Waals surface area contributed by atoms with E-state index in [0.29, 0.717) is 18.1 Å². The molecule has 8 heteroatoms. The van der Waals surface area contributed by atoms with Crippen LogP contribution in [0.25, 0.3) is 5.78 Å². The average Bonchev–Trinajstić information content (AvgIpc) is 3.01. The van der Waals surface area contributed by atoms with Crippen LogP contribution in [0.15, 0.2) is 36.4 Å². The fourth-order valence-corrected chi connectivity index (χ4v) is 2.46. The summed E-state index contributed by atoms with van der Waals surface area (Å²) in [5, 5.41) is 6.93. The summed E-state index contributed by atoms with van der Waals surface area (Å²) in [5.74, 6) is -0.185. The van der Waals surface area contributed by atoms with Gasteiger partial charge in [0.1, 0.15) is 6.42 Å². The molecule has 1 amide bonds. The molecule has 26 heavy (non-hydrogen) atoms. The predicted molar refractivity (Wildman–Crippen MR) is 93.2 cm³/mol. The predicted octanol–water partition coefficient (Wildman–Crippen LogP) is 1.14. The zero-order chi connectivity index (χ0) is 18.5. The number of aryl methyl sites for hydroxylation is 2. The Morgan fingerprint density at radius 1 is 1.15 bits per heavy atom. The molecule has 0 aliphatic heterocycles. The molecule has 0 unspecified atom stereocenters. The highest BCUT2D eigenvalue weighted by Crippen LogP contribution is 2.06. The number of fused-ring (bicyclic) bond motifs is 1. The smallest absolute Gasteiger partial charge is 0.314 e. The highest BCUT2D eigenvalue weighted by molar-refractivity contribution is 5.80. The number of amides is 1. The van der Waals surface area contributed by atoms with Gasteiger partial charge in [-0.2, -0.15) is 4.98 Å². The van der Waals surface area contributed by atoms with Gasteiger partial charge in [-0.1, -0.05) is 30.3 Å². The number of ether oxygens (including phenoxy) is 1. The van der Waals surface area contributed by atoms with Crippen molar-refractivity contribution in [3.05, 3.63) is 59.2 Å². The molecule has 0 aliphatic rings. The molecule has 0 radical (unpaired) electrons. The van der Waals surface area contributed by atoms with Gasteiger partial charge in [0.25, 0.3) is 11.7 Å². The minimum absolute atomic E-state index is 0.117. The maximum Gasteiger partial charge on any atom is 0.314 e. The summed E-state index contributed by atoms with van der Waals surface area (Å²) in [6.45, 7) is 3.80. The summed E-state index contributed by atoms with van der Waals surface area (Å²) >= 11 is 0. The number of rotatable bonds is 6. The van der Waals surface area contributed by atoms with Crippen molar-refractivity contribution in [3.8, 4) is 0 Å². The zero-order valence-electron chi connectivity index (χ0n) is 14.6. The molecule has 1 N–H and O–H groups in total. The lowest BCUT2D eigenvalue weighted by Crippen LogP contribution is -2.28. The Morgan fingerprint density at radius 3 is 2.69 bits per heavy atom. The van der Waals surface area contributed by atoms with Gasteiger partial charge in [0.15, 0.2) is 12.4 Å². The van der Waals surface area contributed by atoms with Gasteiger partial charge in [-0.05, 0) is 25.5 Å². The van der Waals surface area contributed by atoms with Crippen molar-refractivity contribution < 1.29 is 14.3 Å². The normalized spacial score (nSPS) is 10.7. The van der Waals surface area contributed by atoms with Crippen LogP contribution in [0.2, 0.25) is 0 Å². The first-order valence-corrected chi connectivity index (χ1v) is 8.17. The Labute approximate surface area is 150 Å². The Morgan fingerprint density at radius 2 is 1.92 bits per heavy atom. The molecule has 2 heterocycles. The standard InChI is InChI=1S/C18H19N5O3/c1-12-8-13(2)23-18(20-12)21-15(22-23)9-17(25)26-11-16(24)19-10-14-6-4-3-5-7-14/h3-8H,9-11H2,1-2H3,(H,19,24). The quantitative estimate of drug-likeness (QED) is 0.668. The molecule has 0 saturated heterocycles. The number of nitrogens with zero attached hydrogens (tertiary/aromatic N) is 4. The fraction of sp³-hybridized carbons (Fsp3) is 0.278. The topological polar surface area (TPSA) is 98.5 Å². The molecule has 0 atom stereocenters. The van der Waals surface area contributed by atoms with Crippen LogP contribution < -0.4 is 5.32 Å². The van der Waals surface area contributed by atoms with Crippen LogP contribution in [0, 0.1) is 13.8 Å². The van der Waals surface area contributed by atoms with Gasteiger partial charge in [0.05, 0.1) is 0 Å². The first-order valence-electron chi connectivity index (χ1n) is 8.17. The van der Waals surface area contributed by atoms with Crippen LogP contribution in [0.3, 0.4) is 0 Å². The molecular formula is C18H19N5O3. The van der Waals surface area contributed by atoms with Crippen LogP contribution in [-0.4, -0.2) is 38.1 Å². The van der Waals surface area contributed by atoms with Crippen molar-refractivity contribution >= 4 is 17.7 Å². The highest BCUT2D eigenvalue weighted by Gasteiger charge is 2.14. The van der Waals surface area contributed by atoms with Crippen LogP contribution in [0.4, 0.5) is 0 Å².